The Morgan fingerprint density at radius 2 is 2.00 bits per heavy atom. The van der Waals surface area contributed by atoms with Crippen LogP contribution in [0.5, 0.6) is 0 Å². The largest absolute Gasteiger partial charge is 1.00 e. The van der Waals surface area contributed by atoms with Gasteiger partial charge in [0, 0.05) is 0 Å². The van der Waals surface area contributed by atoms with Crippen LogP contribution < -0.4 is 5.11 Å². The maximum atomic E-state index is 10.3. The smallest absolute Gasteiger partial charge is 0.543 e. The van der Waals surface area contributed by atoms with Crippen molar-refractivity contribution < 1.29 is 32.3 Å². The molecule has 0 aliphatic carbocycles. The Morgan fingerprint density at radius 3 is 2.31 bits per heavy atom. The van der Waals surface area contributed by atoms with Crippen molar-refractivity contribution in [3.63, 3.8) is 0 Å². The minimum Gasteiger partial charge on any atom is -0.543 e. The molecule has 0 aromatic heterocycles. The van der Waals surface area contributed by atoms with Crippen molar-refractivity contribution in [2.75, 3.05) is 0 Å². The Labute approximate surface area is 87.9 Å². The Balaban J connectivity index is 0.00000144. The van der Waals surface area contributed by atoms with E-state index < -0.39 is 17.2 Å². The zero-order valence-corrected chi connectivity index (χ0v) is 7.34. The van der Waals surface area contributed by atoms with E-state index in [-0.39, 0.29) is 22.4 Å². The van der Waals surface area contributed by atoms with E-state index in [1.165, 1.54) is 12.1 Å². The maximum absolute atomic E-state index is 10.3. The number of carbonyl (C=O) groups excluding carboxylic acids is 1. The van der Waals surface area contributed by atoms with E-state index in [2.05, 4.69) is 15.4 Å². The Kier molecular flexibility index (Phi) is 3.45. The fourth-order valence-electron chi connectivity index (χ4n) is 0.618. The third-order valence-electron chi connectivity index (χ3n) is 1.20. The van der Waals surface area contributed by atoms with Gasteiger partial charge in [0.25, 0.3) is 5.54 Å². The first-order valence-electron chi connectivity index (χ1n) is 2.70. The molecule has 1 rings (SSSR count). The number of nitriles is 2. The summed E-state index contributed by atoms with van der Waals surface area (Å²) in [4.78, 5) is 10.3. The molecule has 8 heteroatoms. The molecule has 0 unspecified atom stereocenters. The summed E-state index contributed by atoms with van der Waals surface area (Å²) in [6, 6.07) is 2.77. The quantitative estimate of drug-likeness (QED) is 0.528. The van der Waals surface area contributed by atoms with Gasteiger partial charge in [0.1, 0.15) is 17.9 Å². The summed E-state index contributed by atoms with van der Waals surface area (Å²) < 4.78 is 0. The van der Waals surface area contributed by atoms with Crippen molar-refractivity contribution in [3.05, 3.63) is 0 Å². The summed E-state index contributed by atoms with van der Waals surface area (Å²) in [5, 5.41) is 36.2. The van der Waals surface area contributed by atoms with Crippen molar-refractivity contribution in [3.8, 4) is 12.1 Å². The van der Waals surface area contributed by atoms with E-state index in [1.54, 1.807) is 0 Å². The van der Waals surface area contributed by atoms with E-state index in [9.17, 15) is 9.90 Å². The zero-order chi connectivity index (χ0) is 9.19. The zero-order valence-electron chi connectivity index (χ0n) is 5.85. The molecule has 1 heterocycles. The molecular weight excluding hydrogens is 270 g/mol. The van der Waals surface area contributed by atoms with E-state index in [0.29, 0.717) is 0 Å². The molecule has 0 saturated carbocycles. The van der Waals surface area contributed by atoms with Crippen LogP contribution in [0.1, 0.15) is 0 Å². The number of nitrogens with zero attached hydrogens (tertiary/aromatic N) is 5. The molecule has 0 bridgehead atoms. The standard InChI is InChI=1S/C5HN5O2.Ag/c6-1-5(2-7)3(4(11)12)8-10-9-5;/h(H,11,12);/q;+1/p-1. The second-order valence-corrected chi connectivity index (χ2v) is 1.86. The van der Waals surface area contributed by atoms with Crippen molar-refractivity contribution in [1.29, 1.82) is 10.5 Å². The summed E-state index contributed by atoms with van der Waals surface area (Å²) in [5.41, 5.74) is -2.90. The van der Waals surface area contributed by atoms with Gasteiger partial charge in [0.15, 0.2) is 0 Å². The van der Waals surface area contributed by atoms with Gasteiger partial charge in [0.05, 0.1) is 5.97 Å². The topological polar surface area (TPSA) is 125 Å². The summed E-state index contributed by atoms with van der Waals surface area (Å²) in [7, 11) is 0. The van der Waals surface area contributed by atoms with Crippen molar-refractivity contribution in [2.45, 2.75) is 5.54 Å². The third-order valence-corrected chi connectivity index (χ3v) is 1.20. The minimum atomic E-state index is -2.13. The fraction of sp³-hybridized carbons (Fsp3) is 0.200. The number of carboxylic acid groups (broad SMARTS) is 1. The first-order valence-corrected chi connectivity index (χ1v) is 2.70. The normalized spacial score (nSPS) is 16.3. The van der Waals surface area contributed by atoms with E-state index in [4.69, 9.17) is 10.5 Å². The number of hydrogen-bond donors (Lipinski definition) is 0. The van der Waals surface area contributed by atoms with Crippen molar-refractivity contribution in [2.24, 2.45) is 15.4 Å². The second kappa shape index (κ2) is 3.92. The molecule has 7 nitrogen and oxygen atoms in total. The molecule has 0 fully saturated rings. The molecule has 0 spiro atoms. The fourth-order valence-corrected chi connectivity index (χ4v) is 0.618. The molecule has 0 aromatic carbocycles. The molecular formula is C5AgN5O2. The Morgan fingerprint density at radius 1 is 1.46 bits per heavy atom. The molecule has 0 aromatic rings. The van der Waals surface area contributed by atoms with Crippen LogP contribution in [0.2, 0.25) is 0 Å². The summed E-state index contributed by atoms with van der Waals surface area (Å²) in [5.74, 6) is -1.72. The van der Waals surface area contributed by atoms with Crippen LogP contribution in [0.25, 0.3) is 0 Å². The number of carboxylic acids is 1. The van der Waals surface area contributed by atoms with Gasteiger partial charge in [-0.25, -0.2) is 0 Å². The van der Waals surface area contributed by atoms with E-state index >= 15 is 0 Å². The Bertz CT molecular complexity index is 359. The molecule has 0 radical (unpaired) electrons. The van der Waals surface area contributed by atoms with Gasteiger partial charge in [-0.2, -0.15) is 10.5 Å². The van der Waals surface area contributed by atoms with Gasteiger partial charge in [-0.3, -0.25) is 0 Å². The van der Waals surface area contributed by atoms with Crippen LogP contribution >= 0.6 is 0 Å². The first kappa shape index (κ1) is 11.5. The van der Waals surface area contributed by atoms with Gasteiger partial charge in [0.2, 0.25) is 0 Å². The van der Waals surface area contributed by atoms with Crippen molar-refractivity contribution in [1.82, 2.24) is 0 Å². The first-order chi connectivity index (χ1) is 5.66. The van der Waals surface area contributed by atoms with Crippen LogP contribution in [0.15, 0.2) is 15.4 Å². The average molecular weight is 270 g/mol. The molecule has 0 atom stereocenters. The molecule has 68 valence electrons. The molecule has 0 saturated heterocycles. The number of rotatable bonds is 1. The minimum absolute atomic E-state index is 0. The molecule has 1 aliphatic heterocycles. The average Bonchev–Trinajstić information content (AvgIpc) is 2.48. The molecule has 0 amide bonds. The van der Waals surface area contributed by atoms with Gasteiger partial charge in [-0.1, -0.05) is 0 Å². The summed E-state index contributed by atoms with van der Waals surface area (Å²) in [6.07, 6.45) is 0. The van der Waals surface area contributed by atoms with Gasteiger partial charge < -0.3 is 9.90 Å². The SMILES string of the molecule is N#CC1(C#N)N=NN=C1C(=O)[O-].[Ag+]. The predicted octanol–water partition coefficient (Wildman–Crippen LogP) is -1.66. The van der Waals surface area contributed by atoms with Crippen LogP contribution in [0.4, 0.5) is 0 Å². The third kappa shape index (κ3) is 1.63. The monoisotopic (exact) mass is 269 g/mol. The number of aliphatic carboxylic acids is 1. The Hall–Kier alpha value is -1.54. The second-order valence-electron chi connectivity index (χ2n) is 1.86. The van der Waals surface area contributed by atoms with Crippen LogP contribution in [0, 0.1) is 22.7 Å². The van der Waals surface area contributed by atoms with Crippen LogP contribution in [-0.2, 0) is 27.2 Å². The van der Waals surface area contributed by atoms with Crippen LogP contribution in [-0.4, -0.2) is 17.2 Å². The van der Waals surface area contributed by atoms with Crippen molar-refractivity contribution >= 4 is 11.7 Å². The summed E-state index contributed by atoms with van der Waals surface area (Å²) in [6.45, 7) is 0. The predicted molar refractivity (Wildman–Crippen MR) is 31.3 cm³/mol. The van der Waals surface area contributed by atoms with Gasteiger partial charge in [-0.15, -0.1) is 10.2 Å². The molecule has 13 heavy (non-hydrogen) atoms. The molecule has 0 N–H and O–H groups in total. The van der Waals surface area contributed by atoms with E-state index in [0.717, 1.165) is 0 Å². The maximum Gasteiger partial charge on any atom is 1.00 e. The number of hydrogen-bond acceptors (Lipinski definition) is 7. The summed E-state index contributed by atoms with van der Waals surface area (Å²) >= 11 is 0. The van der Waals surface area contributed by atoms with Crippen LogP contribution in [0.3, 0.4) is 0 Å². The van der Waals surface area contributed by atoms with E-state index in [1.807, 2.05) is 0 Å². The van der Waals surface area contributed by atoms with Gasteiger partial charge in [-0.05, 0) is 5.22 Å². The number of carbonyl (C=O) groups is 1. The molecule has 1 aliphatic rings. The van der Waals surface area contributed by atoms with Gasteiger partial charge >= 0.3 is 22.4 Å².